The van der Waals surface area contributed by atoms with E-state index in [2.05, 4.69) is 47.2 Å². The molecule has 1 aromatic rings. The summed E-state index contributed by atoms with van der Waals surface area (Å²) < 4.78 is 1.01. The zero-order chi connectivity index (χ0) is 11.4. The third kappa shape index (κ3) is 3.59. The van der Waals surface area contributed by atoms with Crippen LogP contribution in [0.15, 0.2) is 28.3 Å². The van der Waals surface area contributed by atoms with Crippen molar-refractivity contribution in [2.75, 3.05) is 17.6 Å². The van der Waals surface area contributed by atoms with Crippen molar-refractivity contribution >= 4 is 27.3 Å². The molecular formula is C12H17BrN2. The predicted octanol–water partition coefficient (Wildman–Crippen LogP) is 3.72. The number of halogens is 1. The van der Waals surface area contributed by atoms with Crippen LogP contribution >= 0.6 is 15.9 Å². The highest BCUT2D eigenvalue weighted by atomic mass is 79.9. The summed E-state index contributed by atoms with van der Waals surface area (Å²) in [6, 6.07) is 3.98. The fourth-order valence-corrected chi connectivity index (χ4v) is 1.70. The smallest absolute Gasteiger partial charge is 0.0491 e. The molecule has 0 aliphatic rings. The van der Waals surface area contributed by atoms with Gasteiger partial charge in [0.25, 0.3) is 0 Å². The fraction of sp³-hybridized carbons (Fsp3) is 0.333. The Balaban J connectivity index is 2.77. The van der Waals surface area contributed by atoms with Crippen LogP contribution in [0.2, 0.25) is 0 Å². The molecule has 3 heteroatoms. The Morgan fingerprint density at radius 2 is 2.13 bits per heavy atom. The first-order valence-electron chi connectivity index (χ1n) is 4.93. The van der Waals surface area contributed by atoms with Gasteiger partial charge in [0.1, 0.15) is 0 Å². The summed E-state index contributed by atoms with van der Waals surface area (Å²) in [6.07, 6.45) is 2.15. The predicted molar refractivity (Wildman–Crippen MR) is 71.2 cm³/mol. The number of nitrogens with two attached hydrogens (primary N) is 1. The van der Waals surface area contributed by atoms with Crippen LogP contribution in [0.25, 0.3) is 0 Å². The molecule has 0 aromatic heterocycles. The Kier molecular flexibility index (Phi) is 4.21. The number of nitrogen functional groups attached to an aromatic ring is 1. The second kappa shape index (κ2) is 5.21. The van der Waals surface area contributed by atoms with E-state index in [9.17, 15) is 0 Å². The van der Waals surface area contributed by atoms with Gasteiger partial charge in [-0.25, -0.2) is 0 Å². The van der Waals surface area contributed by atoms with E-state index in [0.29, 0.717) is 0 Å². The SMILES string of the molecule is CC(C)=CCNc1cc(C)c(N)cc1Br. The fourth-order valence-electron chi connectivity index (χ4n) is 1.20. The topological polar surface area (TPSA) is 38.0 Å². The lowest BCUT2D eigenvalue weighted by molar-refractivity contribution is 1.25. The first kappa shape index (κ1) is 12.1. The first-order valence-corrected chi connectivity index (χ1v) is 5.73. The van der Waals surface area contributed by atoms with Crippen LogP contribution in [0.3, 0.4) is 0 Å². The molecule has 0 bridgehead atoms. The van der Waals surface area contributed by atoms with E-state index in [1.165, 1.54) is 5.57 Å². The lowest BCUT2D eigenvalue weighted by Gasteiger charge is -2.09. The Hall–Kier alpha value is -0.960. The minimum absolute atomic E-state index is 0.814. The molecule has 0 fully saturated rings. The standard InChI is InChI=1S/C12H17BrN2/c1-8(2)4-5-15-12-6-9(3)11(14)7-10(12)13/h4,6-7,15H,5,14H2,1-3H3. The van der Waals surface area contributed by atoms with Gasteiger partial charge in [0, 0.05) is 22.4 Å². The van der Waals surface area contributed by atoms with Crippen LogP contribution in [0, 0.1) is 6.92 Å². The van der Waals surface area contributed by atoms with Gasteiger partial charge in [-0.15, -0.1) is 0 Å². The molecule has 3 N–H and O–H groups in total. The van der Waals surface area contributed by atoms with Gasteiger partial charge >= 0.3 is 0 Å². The summed E-state index contributed by atoms with van der Waals surface area (Å²) in [6.45, 7) is 7.02. The number of nitrogens with one attached hydrogen (secondary N) is 1. The van der Waals surface area contributed by atoms with Crippen LogP contribution in [0.4, 0.5) is 11.4 Å². The minimum atomic E-state index is 0.814. The molecule has 0 saturated carbocycles. The van der Waals surface area contributed by atoms with Crippen molar-refractivity contribution in [2.45, 2.75) is 20.8 Å². The van der Waals surface area contributed by atoms with E-state index >= 15 is 0 Å². The van der Waals surface area contributed by atoms with Crippen LogP contribution in [0.1, 0.15) is 19.4 Å². The maximum Gasteiger partial charge on any atom is 0.0491 e. The van der Waals surface area contributed by atoms with Gasteiger partial charge < -0.3 is 11.1 Å². The second-order valence-corrected chi connectivity index (χ2v) is 4.71. The third-order valence-electron chi connectivity index (χ3n) is 2.16. The summed E-state index contributed by atoms with van der Waals surface area (Å²) in [5.74, 6) is 0. The lowest BCUT2D eigenvalue weighted by atomic mass is 10.2. The number of rotatable bonds is 3. The Morgan fingerprint density at radius 3 is 2.73 bits per heavy atom. The van der Waals surface area contributed by atoms with E-state index in [1.54, 1.807) is 0 Å². The number of aryl methyl sites for hydroxylation is 1. The zero-order valence-corrected chi connectivity index (χ0v) is 11.0. The summed E-state index contributed by atoms with van der Waals surface area (Å²) in [4.78, 5) is 0. The van der Waals surface area contributed by atoms with E-state index in [1.807, 2.05) is 13.0 Å². The zero-order valence-electron chi connectivity index (χ0n) is 9.39. The Bertz CT molecular complexity index is 379. The first-order chi connectivity index (χ1) is 7.00. The Labute approximate surface area is 99.7 Å². The molecule has 2 nitrogen and oxygen atoms in total. The van der Waals surface area contributed by atoms with Crippen LogP contribution in [0.5, 0.6) is 0 Å². The highest BCUT2D eigenvalue weighted by Gasteiger charge is 2.01. The van der Waals surface area contributed by atoms with Gasteiger partial charge in [0.05, 0.1) is 0 Å². The van der Waals surface area contributed by atoms with Gasteiger partial charge in [-0.2, -0.15) is 0 Å². The van der Waals surface area contributed by atoms with E-state index in [-0.39, 0.29) is 0 Å². The molecule has 0 heterocycles. The van der Waals surface area contributed by atoms with Crippen molar-refractivity contribution < 1.29 is 0 Å². The molecule has 0 atom stereocenters. The van der Waals surface area contributed by atoms with E-state index in [0.717, 1.165) is 28.0 Å². The Morgan fingerprint density at radius 1 is 1.47 bits per heavy atom. The maximum atomic E-state index is 5.80. The summed E-state index contributed by atoms with van der Waals surface area (Å²) >= 11 is 3.49. The summed E-state index contributed by atoms with van der Waals surface area (Å²) in [5, 5.41) is 3.33. The summed E-state index contributed by atoms with van der Waals surface area (Å²) in [5.41, 5.74) is 10.1. The highest BCUT2D eigenvalue weighted by molar-refractivity contribution is 9.10. The van der Waals surface area contributed by atoms with Crippen LogP contribution in [-0.4, -0.2) is 6.54 Å². The normalized spacial score (nSPS) is 9.87. The van der Waals surface area contributed by atoms with Gasteiger partial charge in [-0.1, -0.05) is 11.6 Å². The molecule has 82 valence electrons. The number of anilines is 2. The van der Waals surface area contributed by atoms with Gasteiger partial charge in [-0.3, -0.25) is 0 Å². The quantitative estimate of drug-likeness (QED) is 0.648. The number of hydrogen-bond acceptors (Lipinski definition) is 2. The third-order valence-corrected chi connectivity index (χ3v) is 2.81. The van der Waals surface area contributed by atoms with E-state index < -0.39 is 0 Å². The maximum absolute atomic E-state index is 5.80. The number of hydrogen-bond donors (Lipinski definition) is 2. The molecular weight excluding hydrogens is 252 g/mol. The van der Waals surface area contributed by atoms with Crippen molar-refractivity contribution in [2.24, 2.45) is 0 Å². The molecule has 1 aromatic carbocycles. The molecule has 0 saturated heterocycles. The average molecular weight is 269 g/mol. The van der Waals surface area contributed by atoms with Gasteiger partial charge in [0.15, 0.2) is 0 Å². The number of benzene rings is 1. The molecule has 0 unspecified atom stereocenters. The highest BCUT2D eigenvalue weighted by Crippen LogP contribution is 2.27. The van der Waals surface area contributed by atoms with Crippen molar-refractivity contribution in [1.29, 1.82) is 0 Å². The summed E-state index contributed by atoms with van der Waals surface area (Å²) in [7, 11) is 0. The largest absolute Gasteiger partial charge is 0.398 e. The van der Waals surface area contributed by atoms with Crippen LogP contribution in [-0.2, 0) is 0 Å². The number of allylic oxidation sites excluding steroid dienone is 1. The molecule has 0 aliphatic carbocycles. The molecule has 0 amide bonds. The average Bonchev–Trinajstić information content (AvgIpc) is 2.13. The van der Waals surface area contributed by atoms with Gasteiger partial charge in [0.2, 0.25) is 0 Å². The minimum Gasteiger partial charge on any atom is -0.398 e. The van der Waals surface area contributed by atoms with Crippen molar-refractivity contribution in [3.63, 3.8) is 0 Å². The second-order valence-electron chi connectivity index (χ2n) is 3.85. The van der Waals surface area contributed by atoms with Crippen LogP contribution < -0.4 is 11.1 Å². The van der Waals surface area contributed by atoms with Crippen molar-refractivity contribution in [1.82, 2.24) is 0 Å². The van der Waals surface area contributed by atoms with Gasteiger partial charge in [-0.05, 0) is 54.4 Å². The molecule has 1 rings (SSSR count). The lowest BCUT2D eigenvalue weighted by Crippen LogP contribution is -2.01. The molecule has 0 spiro atoms. The van der Waals surface area contributed by atoms with E-state index in [4.69, 9.17) is 5.73 Å². The van der Waals surface area contributed by atoms with Crippen molar-refractivity contribution in [3.05, 3.63) is 33.8 Å². The molecule has 0 radical (unpaired) electrons. The molecule has 0 aliphatic heterocycles. The van der Waals surface area contributed by atoms with Crippen molar-refractivity contribution in [3.8, 4) is 0 Å². The molecule has 15 heavy (non-hydrogen) atoms. The monoisotopic (exact) mass is 268 g/mol.